The smallest absolute Gasteiger partial charge is 0.370 e. The zero-order chi connectivity index (χ0) is 15.0. The Labute approximate surface area is 131 Å². The SMILES string of the molecule is FC(F)(F)c1cc(CBr)ccc1N(CC1CC1)CC1CC1. The molecule has 1 aromatic carbocycles. The maximum absolute atomic E-state index is 13.4. The first-order valence-electron chi connectivity index (χ1n) is 7.48. The van der Waals surface area contributed by atoms with E-state index < -0.39 is 11.7 Å². The number of nitrogens with zero attached hydrogens (tertiary/aromatic N) is 1. The van der Waals surface area contributed by atoms with E-state index in [0.29, 0.717) is 28.4 Å². The van der Waals surface area contributed by atoms with Gasteiger partial charge in [0.2, 0.25) is 0 Å². The zero-order valence-electron chi connectivity index (χ0n) is 11.8. The Balaban J connectivity index is 1.91. The van der Waals surface area contributed by atoms with Gasteiger partial charge in [-0.15, -0.1) is 0 Å². The fraction of sp³-hybridized carbons (Fsp3) is 0.625. The molecule has 2 fully saturated rings. The third-order valence-electron chi connectivity index (χ3n) is 4.21. The molecule has 0 unspecified atom stereocenters. The monoisotopic (exact) mass is 361 g/mol. The van der Waals surface area contributed by atoms with Crippen LogP contribution < -0.4 is 4.90 Å². The van der Waals surface area contributed by atoms with Crippen LogP contribution >= 0.6 is 15.9 Å². The van der Waals surface area contributed by atoms with Crippen molar-refractivity contribution < 1.29 is 13.2 Å². The lowest BCUT2D eigenvalue weighted by atomic mass is 10.1. The van der Waals surface area contributed by atoms with Crippen molar-refractivity contribution in [1.29, 1.82) is 0 Å². The lowest BCUT2D eigenvalue weighted by Crippen LogP contribution is -2.30. The molecule has 0 spiro atoms. The second-order valence-corrected chi connectivity index (χ2v) is 6.84. The molecule has 0 bridgehead atoms. The van der Waals surface area contributed by atoms with Gasteiger partial charge in [0, 0.05) is 24.1 Å². The van der Waals surface area contributed by atoms with Gasteiger partial charge in [-0.1, -0.05) is 22.0 Å². The summed E-state index contributed by atoms with van der Waals surface area (Å²) < 4.78 is 40.2. The summed E-state index contributed by atoms with van der Waals surface area (Å²) in [6, 6.07) is 4.74. The largest absolute Gasteiger partial charge is 0.418 e. The molecule has 0 aliphatic heterocycles. The molecule has 0 heterocycles. The average molecular weight is 362 g/mol. The lowest BCUT2D eigenvalue weighted by molar-refractivity contribution is -0.137. The number of rotatable bonds is 6. The number of benzene rings is 1. The summed E-state index contributed by atoms with van der Waals surface area (Å²) in [6.45, 7) is 1.54. The molecule has 0 radical (unpaired) electrons. The van der Waals surface area contributed by atoms with Crippen LogP contribution in [0.25, 0.3) is 0 Å². The van der Waals surface area contributed by atoms with Gasteiger partial charge in [0.05, 0.1) is 5.56 Å². The molecule has 1 nitrogen and oxygen atoms in total. The number of anilines is 1. The van der Waals surface area contributed by atoms with Crippen molar-refractivity contribution in [2.75, 3.05) is 18.0 Å². The molecule has 5 heteroatoms. The fourth-order valence-electron chi connectivity index (χ4n) is 2.66. The van der Waals surface area contributed by atoms with Gasteiger partial charge in [-0.3, -0.25) is 0 Å². The highest BCUT2D eigenvalue weighted by atomic mass is 79.9. The van der Waals surface area contributed by atoms with Crippen LogP contribution in [0.15, 0.2) is 18.2 Å². The molecule has 3 rings (SSSR count). The van der Waals surface area contributed by atoms with Crippen LogP contribution in [0.4, 0.5) is 18.9 Å². The van der Waals surface area contributed by atoms with E-state index in [-0.39, 0.29) is 0 Å². The van der Waals surface area contributed by atoms with Gasteiger partial charge in [-0.2, -0.15) is 13.2 Å². The van der Waals surface area contributed by atoms with Gasteiger partial charge in [-0.05, 0) is 55.2 Å². The van der Waals surface area contributed by atoms with E-state index in [4.69, 9.17) is 0 Å². The van der Waals surface area contributed by atoms with E-state index in [9.17, 15) is 13.2 Å². The molecule has 0 amide bonds. The van der Waals surface area contributed by atoms with Crippen molar-refractivity contribution in [3.63, 3.8) is 0 Å². The molecule has 0 saturated heterocycles. The Morgan fingerprint density at radius 1 is 1.05 bits per heavy atom. The third kappa shape index (κ3) is 3.93. The Kier molecular flexibility index (Phi) is 4.21. The normalized spacial score (nSPS) is 18.9. The van der Waals surface area contributed by atoms with E-state index in [1.165, 1.54) is 6.07 Å². The molecule has 2 saturated carbocycles. The molecule has 0 atom stereocenters. The maximum atomic E-state index is 13.4. The predicted octanol–water partition coefficient (Wildman–Crippen LogP) is 5.23. The minimum absolute atomic E-state index is 0.367. The highest BCUT2D eigenvalue weighted by Gasteiger charge is 2.37. The zero-order valence-corrected chi connectivity index (χ0v) is 13.4. The minimum atomic E-state index is -4.29. The Morgan fingerprint density at radius 2 is 1.62 bits per heavy atom. The van der Waals surface area contributed by atoms with Crippen LogP contribution in [0.2, 0.25) is 0 Å². The molecule has 0 aromatic heterocycles. The minimum Gasteiger partial charge on any atom is -0.370 e. The Hall–Kier alpha value is -0.710. The van der Waals surface area contributed by atoms with Crippen LogP contribution in [0.5, 0.6) is 0 Å². The third-order valence-corrected chi connectivity index (χ3v) is 4.86. The second-order valence-electron chi connectivity index (χ2n) is 6.27. The summed E-state index contributed by atoms with van der Waals surface area (Å²) in [5.41, 5.74) is 0.551. The lowest BCUT2D eigenvalue weighted by Gasteiger charge is -2.28. The quantitative estimate of drug-likeness (QED) is 0.627. The highest BCUT2D eigenvalue weighted by molar-refractivity contribution is 9.08. The van der Waals surface area contributed by atoms with Gasteiger partial charge in [0.15, 0.2) is 0 Å². The molecule has 2 aliphatic rings. The first-order valence-corrected chi connectivity index (χ1v) is 8.60. The van der Waals surface area contributed by atoms with E-state index >= 15 is 0 Å². The van der Waals surface area contributed by atoms with Gasteiger partial charge < -0.3 is 4.90 Å². The van der Waals surface area contributed by atoms with Crippen LogP contribution in [0.3, 0.4) is 0 Å². The van der Waals surface area contributed by atoms with Crippen LogP contribution in [-0.4, -0.2) is 13.1 Å². The van der Waals surface area contributed by atoms with Crippen molar-refractivity contribution in [3.05, 3.63) is 29.3 Å². The molecule has 21 heavy (non-hydrogen) atoms. The van der Waals surface area contributed by atoms with Gasteiger partial charge in [0.25, 0.3) is 0 Å². The van der Waals surface area contributed by atoms with Crippen molar-refractivity contribution >= 4 is 21.6 Å². The first-order chi connectivity index (χ1) is 9.97. The van der Waals surface area contributed by atoms with Crippen molar-refractivity contribution in [2.24, 2.45) is 11.8 Å². The average Bonchev–Trinajstić information content (AvgIpc) is 3.31. The predicted molar refractivity (Wildman–Crippen MR) is 81.7 cm³/mol. The standard InChI is InChI=1S/C16H19BrF3N/c17-8-13-5-6-15(14(7-13)16(18,19)20)21(9-11-1-2-11)10-12-3-4-12/h5-7,11-12H,1-4,8-10H2. The molecular formula is C16H19BrF3N. The number of halogens is 4. The van der Waals surface area contributed by atoms with Crippen LogP contribution in [0.1, 0.15) is 36.8 Å². The molecule has 1 aromatic rings. The molecule has 2 aliphatic carbocycles. The van der Waals surface area contributed by atoms with Gasteiger partial charge >= 0.3 is 6.18 Å². The summed E-state index contributed by atoms with van der Waals surface area (Å²) in [5.74, 6) is 1.17. The van der Waals surface area contributed by atoms with E-state index in [2.05, 4.69) is 15.9 Å². The van der Waals surface area contributed by atoms with E-state index in [0.717, 1.165) is 38.8 Å². The van der Waals surface area contributed by atoms with E-state index in [1.807, 2.05) is 4.90 Å². The molecular weight excluding hydrogens is 343 g/mol. The maximum Gasteiger partial charge on any atom is 0.418 e. The van der Waals surface area contributed by atoms with Gasteiger partial charge in [-0.25, -0.2) is 0 Å². The van der Waals surface area contributed by atoms with Crippen molar-refractivity contribution in [3.8, 4) is 0 Å². The van der Waals surface area contributed by atoms with Crippen molar-refractivity contribution in [2.45, 2.75) is 37.2 Å². The van der Waals surface area contributed by atoms with E-state index in [1.54, 1.807) is 12.1 Å². The first kappa shape index (κ1) is 15.2. The highest BCUT2D eigenvalue weighted by Crippen LogP contribution is 2.41. The number of hydrogen-bond acceptors (Lipinski definition) is 1. The van der Waals surface area contributed by atoms with Gasteiger partial charge in [0.1, 0.15) is 0 Å². The Bertz CT molecular complexity index is 493. The fourth-order valence-corrected chi connectivity index (χ4v) is 3.01. The summed E-state index contributed by atoms with van der Waals surface area (Å²) in [6.07, 6.45) is 0.326. The number of hydrogen-bond donors (Lipinski definition) is 0. The molecule has 116 valence electrons. The van der Waals surface area contributed by atoms with Crippen LogP contribution in [0, 0.1) is 11.8 Å². The summed E-state index contributed by atoms with van der Waals surface area (Å²) in [7, 11) is 0. The summed E-state index contributed by atoms with van der Waals surface area (Å²) in [4.78, 5) is 1.98. The summed E-state index contributed by atoms with van der Waals surface area (Å²) in [5, 5.41) is 0.446. The topological polar surface area (TPSA) is 3.24 Å². The van der Waals surface area contributed by atoms with Crippen LogP contribution in [-0.2, 0) is 11.5 Å². The molecule has 0 N–H and O–H groups in total. The number of alkyl halides is 4. The summed E-state index contributed by atoms with van der Waals surface area (Å²) >= 11 is 3.24. The van der Waals surface area contributed by atoms with Crippen molar-refractivity contribution in [1.82, 2.24) is 0 Å². The Morgan fingerprint density at radius 3 is 2.05 bits per heavy atom. The second kappa shape index (κ2) is 5.82.